The highest BCUT2D eigenvalue weighted by molar-refractivity contribution is 9.08. The Hall–Kier alpha value is -1.28. The Labute approximate surface area is 96.7 Å². The van der Waals surface area contributed by atoms with Gasteiger partial charge in [-0.3, -0.25) is 3.59 Å². The van der Waals surface area contributed by atoms with Crippen molar-refractivity contribution in [1.29, 1.82) is 0 Å². The summed E-state index contributed by atoms with van der Waals surface area (Å²) in [4.78, 5) is 0. The summed E-state index contributed by atoms with van der Waals surface area (Å²) >= 11 is 3.62. The third-order valence-electron chi connectivity index (χ3n) is 2.84. The molecule has 0 saturated carbocycles. The Morgan fingerprint density at radius 1 is 0.933 bits per heavy atom. The second kappa shape index (κ2) is 3.11. The predicted octanol–water partition coefficient (Wildman–Crippen LogP) is 4.26. The van der Waals surface area contributed by atoms with Gasteiger partial charge < -0.3 is 0 Å². The molecule has 2 aromatic carbocycles. The summed E-state index contributed by atoms with van der Waals surface area (Å²) in [6.45, 7) is 2.14. The molecule has 3 aromatic rings. The maximum atomic E-state index is 3.62. The Bertz CT molecular complexity index is 652. The van der Waals surface area contributed by atoms with Crippen molar-refractivity contribution in [3.05, 3.63) is 48.0 Å². The van der Waals surface area contributed by atoms with E-state index in [0.717, 1.165) is 0 Å². The maximum absolute atomic E-state index is 3.62. The van der Waals surface area contributed by atoms with Crippen LogP contribution in [0.1, 0.15) is 5.56 Å². The highest BCUT2D eigenvalue weighted by atomic mass is 79.9. The van der Waals surface area contributed by atoms with E-state index >= 15 is 0 Å². The lowest BCUT2D eigenvalue weighted by Gasteiger charge is -1.98. The fraction of sp³-hybridized carbons (Fsp3) is 0.0769. The summed E-state index contributed by atoms with van der Waals surface area (Å²) in [6.07, 6.45) is 0. The molecule has 0 bridgehead atoms. The molecule has 2 heteroatoms. The molecular formula is C13H10BrN. The minimum absolute atomic E-state index is 1.22. The van der Waals surface area contributed by atoms with Crippen LogP contribution in [0.4, 0.5) is 0 Å². The number of para-hydroxylation sites is 2. The van der Waals surface area contributed by atoms with E-state index in [4.69, 9.17) is 0 Å². The Morgan fingerprint density at radius 3 is 2.53 bits per heavy atom. The van der Waals surface area contributed by atoms with Gasteiger partial charge in [0.15, 0.2) is 0 Å². The van der Waals surface area contributed by atoms with Gasteiger partial charge in [0.05, 0.1) is 27.2 Å². The lowest BCUT2D eigenvalue weighted by atomic mass is 10.1. The fourth-order valence-corrected chi connectivity index (χ4v) is 2.91. The van der Waals surface area contributed by atoms with Crippen molar-refractivity contribution in [3.8, 4) is 0 Å². The zero-order valence-corrected chi connectivity index (χ0v) is 9.95. The average Bonchev–Trinajstić information content (AvgIpc) is 2.55. The van der Waals surface area contributed by atoms with E-state index in [9.17, 15) is 0 Å². The van der Waals surface area contributed by atoms with Crippen molar-refractivity contribution >= 4 is 38.0 Å². The van der Waals surface area contributed by atoms with Gasteiger partial charge in [-0.25, -0.2) is 0 Å². The van der Waals surface area contributed by atoms with Gasteiger partial charge in [-0.05, 0) is 18.6 Å². The van der Waals surface area contributed by atoms with Gasteiger partial charge in [0.25, 0.3) is 0 Å². The molecule has 15 heavy (non-hydrogen) atoms. The number of benzene rings is 2. The van der Waals surface area contributed by atoms with Crippen LogP contribution in [-0.2, 0) is 0 Å². The molecule has 0 aliphatic rings. The molecule has 1 nitrogen and oxygen atoms in total. The molecular weight excluding hydrogens is 250 g/mol. The maximum Gasteiger partial charge on any atom is 0.0634 e. The van der Waals surface area contributed by atoms with Crippen molar-refractivity contribution in [1.82, 2.24) is 3.59 Å². The molecule has 0 N–H and O–H groups in total. The van der Waals surface area contributed by atoms with Crippen LogP contribution < -0.4 is 0 Å². The number of hydrogen-bond acceptors (Lipinski definition) is 0. The molecule has 0 aliphatic carbocycles. The first kappa shape index (κ1) is 8.98. The largest absolute Gasteiger partial charge is 0.276 e. The third kappa shape index (κ3) is 1.15. The van der Waals surface area contributed by atoms with Gasteiger partial charge in [0, 0.05) is 10.8 Å². The topological polar surface area (TPSA) is 4.93 Å². The van der Waals surface area contributed by atoms with E-state index in [1.54, 1.807) is 0 Å². The normalized spacial score (nSPS) is 11.3. The van der Waals surface area contributed by atoms with Crippen LogP contribution >= 0.6 is 16.1 Å². The predicted molar refractivity (Wildman–Crippen MR) is 68.5 cm³/mol. The monoisotopic (exact) mass is 259 g/mol. The van der Waals surface area contributed by atoms with E-state index in [1.165, 1.54) is 27.4 Å². The second-order valence-electron chi connectivity index (χ2n) is 3.77. The van der Waals surface area contributed by atoms with Crippen LogP contribution in [0.3, 0.4) is 0 Å². The molecule has 0 radical (unpaired) electrons. The highest BCUT2D eigenvalue weighted by Gasteiger charge is 2.09. The van der Waals surface area contributed by atoms with E-state index in [0.29, 0.717) is 0 Å². The standard InChI is InChI=1S/C13H10BrN/c1-9-5-4-7-11-10-6-2-3-8-12(10)15(14)13(9)11/h2-8H,1H3. The zero-order chi connectivity index (χ0) is 10.4. The van der Waals surface area contributed by atoms with Crippen molar-refractivity contribution < 1.29 is 0 Å². The molecule has 3 rings (SSSR count). The Morgan fingerprint density at radius 2 is 1.67 bits per heavy atom. The number of nitrogens with zero attached hydrogens (tertiary/aromatic N) is 1. The van der Waals surface area contributed by atoms with Gasteiger partial charge >= 0.3 is 0 Å². The molecule has 0 saturated heterocycles. The Kier molecular flexibility index (Phi) is 1.86. The van der Waals surface area contributed by atoms with Crippen molar-refractivity contribution in [2.75, 3.05) is 0 Å². The zero-order valence-electron chi connectivity index (χ0n) is 8.37. The molecule has 0 amide bonds. The molecule has 0 spiro atoms. The van der Waals surface area contributed by atoms with Crippen LogP contribution in [0.5, 0.6) is 0 Å². The first-order valence-corrected chi connectivity index (χ1v) is 5.65. The van der Waals surface area contributed by atoms with Gasteiger partial charge in [-0.15, -0.1) is 0 Å². The van der Waals surface area contributed by atoms with Crippen LogP contribution in [-0.4, -0.2) is 3.59 Å². The van der Waals surface area contributed by atoms with E-state index in [1.807, 2.05) is 0 Å². The quantitative estimate of drug-likeness (QED) is 0.569. The van der Waals surface area contributed by atoms with Gasteiger partial charge in [0.1, 0.15) is 0 Å². The molecule has 0 aliphatic heterocycles. The van der Waals surface area contributed by atoms with Gasteiger partial charge in [0.2, 0.25) is 0 Å². The summed E-state index contributed by atoms with van der Waals surface area (Å²) < 4.78 is 2.09. The number of fused-ring (bicyclic) bond motifs is 3. The molecule has 0 unspecified atom stereocenters. The molecule has 0 fully saturated rings. The third-order valence-corrected chi connectivity index (χ3v) is 3.58. The second-order valence-corrected chi connectivity index (χ2v) is 4.48. The first-order chi connectivity index (χ1) is 7.29. The summed E-state index contributed by atoms with van der Waals surface area (Å²) in [5, 5.41) is 2.61. The lowest BCUT2D eigenvalue weighted by molar-refractivity contribution is 1.40. The smallest absolute Gasteiger partial charge is 0.0634 e. The first-order valence-electron chi connectivity index (χ1n) is 4.94. The van der Waals surface area contributed by atoms with E-state index in [2.05, 4.69) is 69.1 Å². The average molecular weight is 260 g/mol. The van der Waals surface area contributed by atoms with Crippen LogP contribution in [0, 0.1) is 6.92 Å². The summed E-state index contributed by atoms with van der Waals surface area (Å²) in [7, 11) is 0. The molecule has 1 aromatic heterocycles. The number of aryl methyl sites for hydroxylation is 1. The summed E-state index contributed by atoms with van der Waals surface area (Å²) in [6, 6.07) is 14.8. The van der Waals surface area contributed by atoms with Crippen LogP contribution in [0.15, 0.2) is 42.5 Å². The Balaban J connectivity index is 2.69. The molecule has 74 valence electrons. The van der Waals surface area contributed by atoms with Gasteiger partial charge in [-0.1, -0.05) is 36.4 Å². The van der Waals surface area contributed by atoms with E-state index in [-0.39, 0.29) is 0 Å². The lowest BCUT2D eigenvalue weighted by Crippen LogP contribution is -1.81. The molecule has 0 atom stereocenters. The van der Waals surface area contributed by atoms with E-state index < -0.39 is 0 Å². The number of aromatic nitrogens is 1. The molecule has 1 heterocycles. The van der Waals surface area contributed by atoms with Crippen molar-refractivity contribution in [3.63, 3.8) is 0 Å². The summed E-state index contributed by atoms with van der Waals surface area (Å²) in [5.74, 6) is 0. The van der Waals surface area contributed by atoms with Crippen LogP contribution in [0.25, 0.3) is 21.8 Å². The SMILES string of the molecule is Cc1cccc2c3ccccc3n(Br)c12. The minimum Gasteiger partial charge on any atom is -0.276 e. The van der Waals surface area contributed by atoms with Crippen molar-refractivity contribution in [2.45, 2.75) is 6.92 Å². The van der Waals surface area contributed by atoms with Crippen molar-refractivity contribution in [2.24, 2.45) is 0 Å². The fourth-order valence-electron chi connectivity index (χ4n) is 2.13. The highest BCUT2D eigenvalue weighted by Crippen LogP contribution is 2.31. The number of rotatable bonds is 0. The van der Waals surface area contributed by atoms with Gasteiger partial charge in [-0.2, -0.15) is 0 Å². The number of hydrogen-bond donors (Lipinski definition) is 0. The van der Waals surface area contributed by atoms with Crippen LogP contribution in [0.2, 0.25) is 0 Å². The summed E-state index contributed by atoms with van der Waals surface area (Å²) in [5.41, 5.74) is 3.78. The number of halogens is 1. The minimum atomic E-state index is 1.22.